The van der Waals surface area contributed by atoms with Crippen molar-refractivity contribution in [1.82, 2.24) is 9.91 Å². The summed E-state index contributed by atoms with van der Waals surface area (Å²) < 4.78 is 0. The van der Waals surface area contributed by atoms with Crippen LogP contribution in [0.3, 0.4) is 0 Å². The van der Waals surface area contributed by atoms with Gasteiger partial charge in [0.2, 0.25) is 0 Å². The van der Waals surface area contributed by atoms with Crippen LogP contribution in [0, 0.1) is 0 Å². The van der Waals surface area contributed by atoms with Crippen LogP contribution in [0.2, 0.25) is 0 Å². The molecular formula is C6H11N3O. The SMILES string of the molecule is CC1=NN(C)C(=O)CN1C. The smallest absolute Gasteiger partial charge is 0.261 e. The molecule has 1 aliphatic heterocycles. The van der Waals surface area contributed by atoms with E-state index in [0.717, 1.165) is 5.84 Å². The van der Waals surface area contributed by atoms with E-state index in [1.807, 2.05) is 18.9 Å². The highest BCUT2D eigenvalue weighted by molar-refractivity contribution is 5.90. The van der Waals surface area contributed by atoms with Gasteiger partial charge >= 0.3 is 0 Å². The summed E-state index contributed by atoms with van der Waals surface area (Å²) in [6.07, 6.45) is 0. The van der Waals surface area contributed by atoms with Crippen LogP contribution >= 0.6 is 0 Å². The van der Waals surface area contributed by atoms with Crippen molar-refractivity contribution in [2.45, 2.75) is 6.92 Å². The molecule has 1 heterocycles. The fourth-order valence-corrected chi connectivity index (χ4v) is 0.769. The number of hydrazone groups is 1. The molecule has 0 atom stereocenters. The van der Waals surface area contributed by atoms with Gasteiger partial charge in [-0.05, 0) is 6.92 Å². The van der Waals surface area contributed by atoms with Gasteiger partial charge < -0.3 is 4.90 Å². The molecule has 1 aliphatic rings. The van der Waals surface area contributed by atoms with E-state index in [-0.39, 0.29) is 5.91 Å². The fraction of sp³-hybridized carbons (Fsp3) is 0.667. The van der Waals surface area contributed by atoms with E-state index < -0.39 is 0 Å². The highest BCUT2D eigenvalue weighted by atomic mass is 16.2. The summed E-state index contributed by atoms with van der Waals surface area (Å²) in [7, 11) is 3.52. The molecule has 0 N–H and O–H groups in total. The number of hydrogen-bond acceptors (Lipinski definition) is 3. The average molecular weight is 141 g/mol. The molecule has 0 fully saturated rings. The molecule has 0 aromatic rings. The molecule has 10 heavy (non-hydrogen) atoms. The van der Waals surface area contributed by atoms with E-state index in [4.69, 9.17) is 0 Å². The number of rotatable bonds is 0. The first-order chi connectivity index (χ1) is 4.61. The largest absolute Gasteiger partial charge is 0.353 e. The average Bonchev–Trinajstić information content (AvgIpc) is 1.84. The van der Waals surface area contributed by atoms with Crippen LogP contribution in [-0.2, 0) is 4.79 Å². The Labute approximate surface area is 60.1 Å². The van der Waals surface area contributed by atoms with Gasteiger partial charge in [0.15, 0.2) is 0 Å². The minimum atomic E-state index is 0.0353. The molecule has 1 rings (SSSR count). The zero-order valence-electron chi connectivity index (χ0n) is 6.46. The van der Waals surface area contributed by atoms with Crippen LogP contribution in [0.5, 0.6) is 0 Å². The highest BCUT2D eigenvalue weighted by Crippen LogP contribution is 1.99. The Morgan fingerprint density at radius 2 is 2.10 bits per heavy atom. The summed E-state index contributed by atoms with van der Waals surface area (Å²) in [4.78, 5) is 12.7. The molecule has 0 unspecified atom stereocenters. The van der Waals surface area contributed by atoms with E-state index in [9.17, 15) is 4.79 Å². The zero-order chi connectivity index (χ0) is 7.72. The van der Waals surface area contributed by atoms with Crippen molar-refractivity contribution in [3.8, 4) is 0 Å². The fourth-order valence-electron chi connectivity index (χ4n) is 0.769. The first kappa shape index (κ1) is 7.05. The Morgan fingerprint density at radius 3 is 2.60 bits per heavy atom. The zero-order valence-corrected chi connectivity index (χ0v) is 6.46. The number of nitrogens with zero attached hydrogens (tertiary/aromatic N) is 3. The number of carbonyl (C=O) groups excluding carboxylic acids is 1. The van der Waals surface area contributed by atoms with Gasteiger partial charge in [0.1, 0.15) is 5.84 Å². The predicted molar refractivity (Wildman–Crippen MR) is 38.5 cm³/mol. The first-order valence-corrected chi connectivity index (χ1v) is 3.14. The molecule has 0 radical (unpaired) electrons. The maximum atomic E-state index is 10.9. The van der Waals surface area contributed by atoms with Crippen LogP contribution in [-0.4, -0.2) is 42.3 Å². The van der Waals surface area contributed by atoms with Crippen molar-refractivity contribution in [1.29, 1.82) is 0 Å². The minimum absolute atomic E-state index is 0.0353. The van der Waals surface area contributed by atoms with Gasteiger partial charge in [0.25, 0.3) is 5.91 Å². The number of likely N-dealkylation sites (N-methyl/N-ethyl adjacent to an activating group) is 2. The molecule has 0 bridgehead atoms. The summed E-state index contributed by atoms with van der Waals surface area (Å²) in [5.74, 6) is 0.912. The van der Waals surface area contributed by atoms with Crippen molar-refractivity contribution in [3.05, 3.63) is 0 Å². The summed E-state index contributed by atoms with van der Waals surface area (Å²) in [6.45, 7) is 2.31. The third-order valence-corrected chi connectivity index (χ3v) is 1.58. The van der Waals surface area contributed by atoms with E-state index in [2.05, 4.69) is 5.10 Å². The molecule has 0 spiro atoms. The van der Waals surface area contributed by atoms with Crippen LogP contribution < -0.4 is 0 Å². The lowest BCUT2D eigenvalue weighted by molar-refractivity contribution is -0.131. The van der Waals surface area contributed by atoms with Crippen molar-refractivity contribution in [2.24, 2.45) is 5.10 Å². The van der Waals surface area contributed by atoms with Gasteiger partial charge in [-0.1, -0.05) is 0 Å². The van der Waals surface area contributed by atoms with Gasteiger partial charge in [0.05, 0.1) is 6.54 Å². The number of hydrogen-bond donors (Lipinski definition) is 0. The molecule has 0 aromatic heterocycles. The number of carbonyl (C=O) groups is 1. The first-order valence-electron chi connectivity index (χ1n) is 3.14. The Balaban J connectivity index is 2.79. The molecule has 4 nitrogen and oxygen atoms in total. The van der Waals surface area contributed by atoms with Crippen LogP contribution in [0.1, 0.15) is 6.92 Å². The van der Waals surface area contributed by atoms with E-state index >= 15 is 0 Å². The van der Waals surface area contributed by atoms with Gasteiger partial charge in [-0.3, -0.25) is 4.79 Å². The van der Waals surface area contributed by atoms with Crippen LogP contribution in [0.25, 0.3) is 0 Å². The molecular weight excluding hydrogens is 130 g/mol. The monoisotopic (exact) mass is 141 g/mol. The number of amides is 1. The van der Waals surface area contributed by atoms with Gasteiger partial charge in [-0.2, -0.15) is 5.10 Å². The second-order valence-corrected chi connectivity index (χ2v) is 2.42. The van der Waals surface area contributed by atoms with E-state index in [0.29, 0.717) is 6.54 Å². The summed E-state index contributed by atoms with van der Waals surface area (Å²) in [5.41, 5.74) is 0. The normalized spacial score (nSPS) is 19.5. The summed E-state index contributed by atoms with van der Waals surface area (Å²) in [5, 5.41) is 5.34. The maximum absolute atomic E-state index is 10.9. The second-order valence-electron chi connectivity index (χ2n) is 2.42. The molecule has 0 aliphatic carbocycles. The summed E-state index contributed by atoms with van der Waals surface area (Å²) in [6, 6.07) is 0. The highest BCUT2D eigenvalue weighted by Gasteiger charge is 2.17. The van der Waals surface area contributed by atoms with Crippen molar-refractivity contribution < 1.29 is 4.79 Å². The topological polar surface area (TPSA) is 35.9 Å². The molecule has 0 aromatic carbocycles. The second kappa shape index (κ2) is 2.28. The summed E-state index contributed by atoms with van der Waals surface area (Å²) >= 11 is 0. The van der Waals surface area contributed by atoms with Crippen LogP contribution in [0.4, 0.5) is 0 Å². The Bertz CT molecular complexity index is 187. The lowest BCUT2D eigenvalue weighted by Gasteiger charge is -2.26. The quantitative estimate of drug-likeness (QED) is 0.465. The van der Waals surface area contributed by atoms with Crippen molar-refractivity contribution in [2.75, 3.05) is 20.6 Å². The van der Waals surface area contributed by atoms with Crippen molar-refractivity contribution >= 4 is 11.7 Å². The minimum Gasteiger partial charge on any atom is -0.353 e. The molecule has 56 valence electrons. The third-order valence-electron chi connectivity index (χ3n) is 1.58. The standard InChI is InChI=1S/C6H11N3O/c1-5-7-9(3)6(10)4-8(5)2/h4H2,1-3H3. The predicted octanol–water partition coefficient (Wildman–Crippen LogP) is -0.276. The Morgan fingerprint density at radius 1 is 1.50 bits per heavy atom. The number of amidine groups is 1. The van der Waals surface area contributed by atoms with Gasteiger partial charge in [-0.15, -0.1) is 0 Å². The lowest BCUT2D eigenvalue weighted by atomic mass is 10.4. The van der Waals surface area contributed by atoms with Crippen LogP contribution in [0.15, 0.2) is 5.10 Å². The lowest BCUT2D eigenvalue weighted by Crippen LogP contribution is -2.42. The van der Waals surface area contributed by atoms with Gasteiger partial charge in [0, 0.05) is 14.1 Å². The molecule has 0 saturated carbocycles. The third kappa shape index (κ3) is 1.10. The van der Waals surface area contributed by atoms with E-state index in [1.54, 1.807) is 7.05 Å². The Kier molecular flexibility index (Phi) is 1.61. The maximum Gasteiger partial charge on any atom is 0.261 e. The van der Waals surface area contributed by atoms with Gasteiger partial charge in [-0.25, -0.2) is 5.01 Å². The molecule has 1 amide bonds. The molecule has 4 heteroatoms. The molecule has 0 saturated heterocycles. The van der Waals surface area contributed by atoms with E-state index in [1.165, 1.54) is 5.01 Å². The van der Waals surface area contributed by atoms with Crippen molar-refractivity contribution in [3.63, 3.8) is 0 Å². The Hall–Kier alpha value is -1.06.